The van der Waals surface area contributed by atoms with Crippen molar-refractivity contribution in [3.05, 3.63) is 35.9 Å². The van der Waals surface area contributed by atoms with Gasteiger partial charge in [-0.2, -0.15) is 0 Å². The average molecular weight is 219 g/mol. The Bertz CT molecular complexity index is 409. The Morgan fingerprint density at radius 3 is 2.44 bits per heavy atom. The Morgan fingerprint density at radius 2 is 1.88 bits per heavy atom. The summed E-state index contributed by atoms with van der Waals surface area (Å²) >= 11 is 0. The first kappa shape index (κ1) is 9.82. The number of hydrogen-bond acceptors (Lipinski definition) is 1. The van der Waals surface area contributed by atoms with Crippen molar-refractivity contribution >= 4 is 5.91 Å². The van der Waals surface area contributed by atoms with Crippen LogP contribution in [0, 0.1) is 5.41 Å². The van der Waals surface area contributed by atoms with E-state index in [-0.39, 0.29) is 11.3 Å². The molecule has 2 bridgehead atoms. The van der Waals surface area contributed by atoms with Gasteiger partial charge in [-0.3, -0.25) is 4.79 Å². The van der Waals surface area contributed by atoms with Crippen molar-refractivity contribution in [3.63, 3.8) is 0 Å². The minimum absolute atomic E-state index is 0.0240. The van der Waals surface area contributed by atoms with Gasteiger partial charge < -0.3 is 5.32 Å². The van der Waals surface area contributed by atoms with Gasteiger partial charge in [-0.15, -0.1) is 0 Å². The summed E-state index contributed by atoms with van der Waals surface area (Å²) in [5.74, 6) is 0.0240. The lowest BCUT2D eigenvalue weighted by Crippen LogP contribution is -2.69. The van der Waals surface area contributed by atoms with E-state index in [1.165, 1.54) is 0 Å². The quantitative estimate of drug-likeness (QED) is 0.829. The van der Waals surface area contributed by atoms with E-state index in [1.807, 2.05) is 30.3 Å². The van der Waals surface area contributed by atoms with Crippen LogP contribution < -0.4 is 5.32 Å². The Labute approximate surface area is 93.9 Å². The van der Waals surface area contributed by atoms with Gasteiger partial charge in [0.2, 0.25) is 5.91 Å². The highest BCUT2D eigenvalue weighted by atomic mass is 19.1. The van der Waals surface area contributed by atoms with Crippen molar-refractivity contribution in [1.29, 1.82) is 0 Å². The summed E-state index contributed by atoms with van der Waals surface area (Å²) in [4.78, 5) is 11.8. The summed E-state index contributed by atoms with van der Waals surface area (Å²) < 4.78 is 13.3. The third kappa shape index (κ3) is 1.34. The van der Waals surface area contributed by atoms with Gasteiger partial charge in [0.1, 0.15) is 5.67 Å². The molecule has 3 saturated carbocycles. The van der Waals surface area contributed by atoms with Crippen molar-refractivity contribution in [2.24, 2.45) is 5.41 Å². The predicted molar refractivity (Wildman–Crippen MR) is 58.4 cm³/mol. The highest BCUT2D eigenvalue weighted by Gasteiger charge is 2.72. The van der Waals surface area contributed by atoms with E-state index >= 15 is 0 Å². The molecule has 3 fully saturated rings. The second-order valence-corrected chi connectivity index (χ2v) is 5.13. The van der Waals surface area contributed by atoms with Gasteiger partial charge >= 0.3 is 0 Å². The molecule has 1 aromatic rings. The molecule has 2 nitrogen and oxygen atoms in total. The van der Waals surface area contributed by atoms with Crippen molar-refractivity contribution in [2.45, 2.75) is 31.5 Å². The molecular weight excluding hydrogens is 205 g/mol. The molecular formula is C13H14FNO. The molecule has 0 aliphatic heterocycles. The van der Waals surface area contributed by atoms with E-state index in [0.29, 0.717) is 25.8 Å². The summed E-state index contributed by atoms with van der Waals surface area (Å²) in [5.41, 5.74) is -0.273. The number of carbonyl (C=O) groups excluding carboxylic acids is 1. The zero-order chi connectivity index (χ0) is 11.2. The van der Waals surface area contributed by atoms with Gasteiger partial charge in [-0.25, -0.2) is 4.39 Å². The largest absolute Gasteiger partial charge is 0.352 e. The van der Waals surface area contributed by atoms with Crippen LogP contribution in [0.3, 0.4) is 0 Å². The normalized spacial score (nSPS) is 34.8. The van der Waals surface area contributed by atoms with Gasteiger partial charge in [-0.05, 0) is 24.8 Å². The minimum Gasteiger partial charge on any atom is -0.352 e. The number of rotatable bonds is 3. The van der Waals surface area contributed by atoms with Crippen molar-refractivity contribution < 1.29 is 9.18 Å². The zero-order valence-corrected chi connectivity index (χ0v) is 9.00. The monoisotopic (exact) mass is 219 g/mol. The highest BCUT2D eigenvalue weighted by Crippen LogP contribution is 2.69. The number of alkyl halides is 1. The van der Waals surface area contributed by atoms with E-state index < -0.39 is 5.67 Å². The molecule has 3 aliphatic carbocycles. The maximum Gasteiger partial charge on any atom is 0.226 e. The van der Waals surface area contributed by atoms with E-state index in [0.717, 1.165) is 5.56 Å². The number of benzene rings is 1. The van der Waals surface area contributed by atoms with Crippen LogP contribution in [0.15, 0.2) is 30.3 Å². The molecule has 0 spiro atoms. The molecule has 3 aliphatic rings. The van der Waals surface area contributed by atoms with Gasteiger partial charge in [0.25, 0.3) is 0 Å². The van der Waals surface area contributed by atoms with Crippen LogP contribution in [0.5, 0.6) is 0 Å². The molecule has 0 saturated heterocycles. The number of nitrogens with one attached hydrogen (secondary N) is 1. The van der Waals surface area contributed by atoms with Crippen molar-refractivity contribution in [1.82, 2.24) is 5.32 Å². The third-order valence-electron chi connectivity index (χ3n) is 3.74. The molecule has 1 N–H and O–H groups in total. The Kier molecular flexibility index (Phi) is 1.88. The molecule has 0 aromatic heterocycles. The first-order valence-electron chi connectivity index (χ1n) is 5.63. The Morgan fingerprint density at radius 1 is 1.25 bits per heavy atom. The van der Waals surface area contributed by atoms with Crippen molar-refractivity contribution in [3.8, 4) is 0 Å². The maximum absolute atomic E-state index is 13.3. The fraction of sp³-hybridized carbons (Fsp3) is 0.462. The van der Waals surface area contributed by atoms with Crippen LogP contribution in [0.4, 0.5) is 4.39 Å². The number of hydrogen-bond donors (Lipinski definition) is 1. The summed E-state index contributed by atoms with van der Waals surface area (Å²) in [7, 11) is 0. The van der Waals surface area contributed by atoms with E-state index in [4.69, 9.17) is 0 Å². The second kappa shape index (κ2) is 3.06. The standard InChI is InChI=1S/C13H14FNO/c14-13-7-12(8-13,9-13)11(16)15-6-10-4-2-1-3-5-10/h1-5H,6-9H2,(H,15,16). The average Bonchev–Trinajstić information content (AvgIpc) is 2.22. The molecule has 0 unspecified atom stereocenters. The summed E-state index contributed by atoms with van der Waals surface area (Å²) in [6.07, 6.45) is 1.29. The fourth-order valence-electron chi connectivity index (χ4n) is 2.87. The van der Waals surface area contributed by atoms with Crippen LogP contribution in [0.1, 0.15) is 24.8 Å². The molecule has 0 atom stereocenters. The van der Waals surface area contributed by atoms with Crippen LogP contribution >= 0.6 is 0 Å². The van der Waals surface area contributed by atoms with Gasteiger partial charge in [-0.1, -0.05) is 30.3 Å². The molecule has 1 amide bonds. The number of halogens is 1. The molecule has 1 aromatic carbocycles. The smallest absolute Gasteiger partial charge is 0.226 e. The Hall–Kier alpha value is -1.38. The van der Waals surface area contributed by atoms with Crippen LogP contribution in [0.25, 0.3) is 0 Å². The number of amides is 1. The Balaban J connectivity index is 1.55. The summed E-state index contributed by atoms with van der Waals surface area (Å²) in [6, 6.07) is 9.77. The van der Waals surface area contributed by atoms with Crippen LogP contribution in [0.2, 0.25) is 0 Å². The summed E-state index contributed by atoms with van der Waals surface area (Å²) in [6.45, 7) is 0.542. The minimum atomic E-state index is -0.996. The topological polar surface area (TPSA) is 29.1 Å². The van der Waals surface area contributed by atoms with E-state index in [1.54, 1.807) is 0 Å². The van der Waals surface area contributed by atoms with Gasteiger partial charge in [0.05, 0.1) is 5.41 Å². The SMILES string of the molecule is O=C(NCc1ccccc1)C12CC(F)(C1)C2. The van der Waals surface area contributed by atoms with E-state index in [9.17, 15) is 9.18 Å². The first-order valence-corrected chi connectivity index (χ1v) is 5.63. The highest BCUT2D eigenvalue weighted by molar-refractivity contribution is 5.86. The van der Waals surface area contributed by atoms with Crippen molar-refractivity contribution in [2.75, 3.05) is 0 Å². The lowest BCUT2D eigenvalue weighted by atomic mass is 9.42. The van der Waals surface area contributed by atoms with Gasteiger partial charge in [0.15, 0.2) is 0 Å². The second-order valence-electron chi connectivity index (χ2n) is 5.13. The zero-order valence-electron chi connectivity index (χ0n) is 9.00. The molecule has 84 valence electrons. The first-order chi connectivity index (χ1) is 7.62. The fourth-order valence-corrected chi connectivity index (χ4v) is 2.87. The molecule has 0 heterocycles. The number of carbonyl (C=O) groups is 1. The predicted octanol–water partition coefficient (Wildman–Crippen LogP) is 2.20. The molecule has 4 rings (SSSR count). The lowest BCUT2D eigenvalue weighted by molar-refractivity contribution is -0.213. The molecule has 3 heteroatoms. The molecule has 16 heavy (non-hydrogen) atoms. The van der Waals surface area contributed by atoms with Crippen LogP contribution in [-0.2, 0) is 11.3 Å². The molecule has 0 radical (unpaired) electrons. The third-order valence-corrected chi connectivity index (χ3v) is 3.74. The summed E-state index contributed by atoms with van der Waals surface area (Å²) in [5, 5.41) is 2.89. The maximum atomic E-state index is 13.3. The van der Waals surface area contributed by atoms with Crippen LogP contribution in [-0.4, -0.2) is 11.6 Å². The van der Waals surface area contributed by atoms with E-state index in [2.05, 4.69) is 5.32 Å². The van der Waals surface area contributed by atoms with Gasteiger partial charge in [0, 0.05) is 6.54 Å². The lowest BCUT2D eigenvalue weighted by Gasteiger charge is -2.64.